The van der Waals surface area contributed by atoms with Gasteiger partial charge in [-0.3, -0.25) is 4.79 Å². The van der Waals surface area contributed by atoms with Gasteiger partial charge >= 0.3 is 0 Å². The van der Waals surface area contributed by atoms with Crippen molar-refractivity contribution in [2.24, 2.45) is 0 Å². The summed E-state index contributed by atoms with van der Waals surface area (Å²) in [5, 5.41) is 9.13. The molecule has 1 aromatic carbocycles. The number of carbonyl (C=O) groups excluding carboxylic acids is 1. The van der Waals surface area contributed by atoms with E-state index in [0.717, 1.165) is 6.07 Å². The molecule has 1 rings (SSSR count). The number of benzene rings is 1. The van der Waals surface area contributed by atoms with Crippen LogP contribution in [-0.2, 0) is 0 Å². The molecule has 0 saturated heterocycles. The van der Waals surface area contributed by atoms with Gasteiger partial charge in [0.25, 0.3) is 0 Å². The third kappa shape index (κ3) is 3.00. The summed E-state index contributed by atoms with van der Waals surface area (Å²) in [6.07, 6.45) is 0.976. The fourth-order valence-corrected chi connectivity index (χ4v) is 1.11. The van der Waals surface area contributed by atoms with Crippen LogP contribution in [0, 0.1) is 17.7 Å². The van der Waals surface area contributed by atoms with Crippen LogP contribution in [0.3, 0.4) is 0 Å². The molecule has 0 fully saturated rings. The molecule has 1 N–H and O–H groups in total. The highest BCUT2D eigenvalue weighted by Gasteiger charge is 2.07. The minimum atomic E-state index is -0.838. The molecule has 4 heteroatoms. The first-order valence-electron chi connectivity index (χ1n) is 4.26. The molecule has 0 saturated carbocycles. The van der Waals surface area contributed by atoms with E-state index in [1.54, 1.807) is 0 Å². The number of aromatic hydroxyl groups is 1. The standard InChI is InChI=1S/C11H9FO2S/c12-10-6-8(3-1-2-4-15)5-9(7-13)11(10)14/h5-7,14-15H,2,4H2. The van der Waals surface area contributed by atoms with Crippen LogP contribution < -0.4 is 0 Å². The molecular formula is C11H9FO2S. The van der Waals surface area contributed by atoms with Crippen molar-refractivity contribution in [1.82, 2.24) is 0 Å². The van der Waals surface area contributed by atoms with Crippen LogP contribution in [0.2, 0.25) is 0 Å². The molecule has 0 heterocycles. The average molecular weight is 224 g/mol. The Hall–Kier alpha value is -1.47. The molecule has 0 bridgehead atoms. The minimum Gasteiger partial charge on any atom is -0.504 e. The summed E-state index contributed by atoms with van der Waals surface area (Å²) in [5.74, 6) is 4.58. The van der Waals surface area contributed by atoms with E-state index in [1.807, 2.05) is 0 Å². The predicted octanol–water partition coefficient (Wildman–Crippen LogP) is 2.02. The Bertz CT molecular complexity index is 432. The second kappa shape index (κ2) is 5.42. The first kappa shape index (κ1) is 11.6. The molecule has 0 atom stereocenters. The maximum atomic E-state index is 13.0. The lowest BCUT2D eigenvalue weighted by molar-refractivity contribution is 0.112. The number of carbonyl (C=O) groups is 1. The van der Waals surface area contributed by atoms with Crippen molar-refractivity contribution in [1.29, 1.82) is 0 Å². The zero-order valence-electron chi connectivity index (χ0n) is 7.83. The highest BCUT2D eigenvalue weighted by Crippen LogP contribution is 2.21. The smallest absolute Gasteiger partial charge is 0.166 e. The third-order valence-corrected chi connectivity index (χ3v) is 1.91. The first-order valence-corrected chi connectivity index (χ1v) is 4.89. The zero-order valence-corrected chi connectivity index (χ0v) is 8.72. The summed E-state index contributed by atoms with van der Waals surface area (Å²) >= 11 is 3.97. The van der Waals surface area contributed by atoms with Gasteiger partial charge in [-0.25, -0.2) is 4.39 Å². The van der Waals surface area contributed by atoms with Crippen molar-refractivity contribution in [3.05, 3.63) is 29.1 Å². The van der Waals surface area contributed by atoms with Gasteiger partial charge in [0, 0.05) is 17.7 Å². The van der Waals surface area contributed by atoms with Crippen molar-refractivity contribution in [3.63, 3.8) is 0 Å². The lowest BCUT2D eigenvalue weighted by atomic mass is 10.1. The number of thiol groups is 1. The van der Waals surface area contributed by atoms with Gasteiger partial charge in [0.15, 0.2) is 17.9 Å². The van der Waals surface area contributed by atoms with E-state index < -0.39 is 11.6 Å². The predicted molar refractivity (Wildman–Crippen MR) is 58.8 cm³/mol. The Morgan fingerprint density at radius 1 is 1.53 bits per heavy atom. The Morgan fingerprint density at radius 3 is 2.87 bits per heavy atom. The maximum Gasteiger partial charge on any atom is 0.166 e. The van der Waals surface area contributed by atoms with Crippen LogP contribution in [0.5, 0.6) is 5.75 Å². The summed E-state index contributed by atoms with van der Waals surface area (Å²) in [5.41, 5.74) is 0.277. The van der Waals surface area contributed by atoms with E-state index in [1.165, 1.54) is 6.07 Å². The van der Waals surface area contributed by atoms with Crippen LogP contribution in [-0.4, -0.2) is 17.1 Å². The molecule has 0 aromatic heterocycles. The number of phenolic OH excluding ortho intramolecular Hbond substituents is 1. The molecule has 0 aliphatic carbocycles. The Morgan fingerprint density at radius 2 is 2.27 bits per heavy atom. The van der Waals surface area contributed by atoms with Crippen molar-refractivity contribution in [2.45, 2.75) is 6.42 Å². The number of rotatable bonds is 2. The maximum absolute atomic E-state index is 13.0. The molecule has 0 unspecified atom stereocenters. The highest BCUT2D eigenvalue weighted by atomic mass is 32.1. The molecule has 1 aromatic rings. The minimum absolute atomic E-state index is 0.0924. The largest absolute Gasteiger partial charge is 0.504 e. The quantitative estimate of drug-likeness (QED) is 0.458. The van der Waals surface area contributed by atoms with E-state index in [-0.39, 0.29) is 5.56 Å². The average Bonchev–Trinajstić information content (AvgIpc) is 2.23. The van der Waals surface area contributed by atoms with Crippen molar-refractivity contribution < 1.29 is 14.3 Å². The fourth-order valence-electron chi connectivity index (χ4n) is 1.00. The van der Waals surface area contributed by atoms with Crippen molar-refractivity contribution in [3.8, 4) is 17.6 Å². The van der Waals surface area contributed by atoms with Gasteiger partial charge in [-0.15, -0.1) is 0 Å². The molecular weight excluding hydrogens is 215 g/mol. The summed E-state index contributed by atoms with van der Waals surface area (Å²) in [4.78, 5) is 10.5. The summed E-state index contributed by atoms with van der Waals surface area (Å²) in [6, 6.07) is 2.44. The Labute approximate surface area is 92.5 Å². The highest BCUT2D eigenvalue weighted by molar-refractivity contribution is 7.80. The van der Waals surface area contributed by atoms with E-state index in [0.29, 0.717) is 24.0 Å². The number of phenols is 1. The molecule has 15 heavy (non-hydrogen) atoms. The van der Waals surface area contributed by atoms with Crippen LogP contribution in [0.25, 0.3) is 0 Å². The van der Waals surface area contributed by atoms with Gasteiger partial charge in [-0.1, -0.05) is 11.8 Å². The molecule has 2 nitrogen and oxygen atoms in total. The SMILES string of the molecule is O=Cc1cc(C#CCCS)cc(F)c1O. The Kier molecular flexibility index (Phi) is 4.19. The topological polar surface area (TPSA) is 37.3 Å². The van der Waals surface area contributed by atoms with Crippen molar-refractivity contribution >= 4 is 18.9 Å². The lowest BCUT2D eigenvalue weighted by Crippen LogP contribution is -1.88. The molecule has 78 valence electrons. The van der Waals surface area contributed by atoms with Gasteiger partial charge < -0.3 is 5.11 Å². The van der Waals surface area contributed by atoms with Crippen LogP contribution in [0.4, 0.5) is 4.39 Å². The monoisotopic (exact) mass is 224 g/mol. The summed E-state index contributed by atoms with van der Waals surface area (Å²) in [6.45, 7) is 0. The molecule has 0 aliphatic heterocycles. The van der Waals surface area contributed by atoms with Gasteiger partial charge in [0.1, 0.15) is 0 Å². The number of aldehydes is 1. The summed E-state index contributed by atoms with van der Waals surface area (Å²) in [7, 11) is 0. The van der Waals surface area contributed by atoms with E-state index >= 15 is 0 Å². The lowest BCUT2D eigenvalue weighted by Gasteiger charge is -1.99. The van der Waals surface area contributed by atoms with E-state index in [2.05, 4.69) is 24.5 Å². The van der Waals surface area contributed by atoms with Crippen LogP contribution >= 0.6 is 12.6 Å². The molecule has 0 radical (unpaired) electrons. The van der Waals surface area contributed by atoms with Crippen LogP contribution in [0.15, 0.2) is 12.1 Å². The molecule has 0 amide bonds. The van der Waals surface area contributed by atoms with E-state index in [9.17, 15) is 9.18 Å². The summed E-state index contributed by atoms with van der Waals surface area (Å²) < 4.78 is 13.0. The van der Waals surface area contributed by atoms with E-state index in [4.69, 9.17) is 5.11 Å². The fraction of sp³-hybridized carbons (Fsp3) is 0.182. The van der Waals surface area contributed by atoms with Gasteiger partial charge in [0.2, 0.25) is 0 Å². The second-order valence-electron chi connectivity index (χ2n) is 2.79. The molecule has 0 aliphatic rings. The van der Waals surface area contributed by atoms with Gasteiger partial charge in [0.05, 0.1) is 5.56 Å². The van der Waals surface area contributed by atoms with Gasteiger partial charge in [-0.2, -0.15) is 12.6 Å². The Balaban J connectivity index is 3.07. The first-order chi connectivity index (χ1) is 7.19. The number of hydrogen-bond donors (Lipinski definition) is 2. The normalized spacial score (nSPS) is 9.20. The molecule has 0 spiro atoms. The van der Waals surface area contributed by atoms with Gasteiger partial charge in [-0.05, 0) is 12.1 Å². The van der Waals surface area contributed by atoms with Crippen molar-refractivity contribution in [2.75, 3.05) is 5.75 Å². The third-order valence-electron chi connectivity index (χ3n) is 1.69. The number of halogens is 1. The zero-order chi connectivity index (χ0) is 11.3. The second-order valence-corrected chi connectivity index (χ2v) is 3.24. The number of hydrogen-bond acceptors (Lipinski definition) is 3. The van der Waals surface area contributed by atoms with Crippen LogP contribution in [0.1, 0.15) is 22.3 Å².